The summed E-state index contributed by atoms with van der Waals surface area (Å²) < 4.78 is 5.98. The number of hydrogen-bond donors (Lipinski definition) is 1. The van der Waals surface area contributed by atoms with Gasteiger partial charge in [-0.25, -0.2) is 0 Å². The number of fused-ring (bicyclic) bond motifs is 3. The van der Waals surface area contributed by atoms with E-state index in [1.165, 1.54) is 32.4 Å². The molecule has 1 saturated heterocycles. The zero-order chi connectivity index (χ0) is 21.4. The second-order valence-corrected chi connectivity index (χ2v) is 9.53. The number of ketones is 1. The molecule has 1 fully saturated rings. The highest BCUT2D eigenvalue weighted by Gasteiger charge is 2.44. The number of aromatic hydroxyl groups is 1. The van der Waals surface area contributed by atoms with E-state index >= 15 is 0 Å². The fourth-order valence-electron chi connectivity index (χ4n) is 5.61. The molecule has 0 aromatic heterocycles. The molecule has 1 N–H and O–H groups in total. The van der Waals surface area contributed by atoms with Crippen molar-refractivity contribution < 1.29 is 14.6 Å². The van der Waals surface area contributed by atoms with Gasteiger partial charge in [-0.1, -0.05) is 31.5 Å². The molecule has 2 aromatic carbocycles. The first-order valence-corrected chi connectivity index (χ1v) is 11.6. The van der Waals surface area contributed by atoms with Crippen LogP contribution in [0.1, 0.15) is 55.7 Å². The van der Waals surface area contributed by atoms with E-state index in [1.54, 1.807) is 6.07 Å². The van der Waals surface area contributed by atoms with Crippen LogP contribution in [0.15, 0.2) is 42.5 Å². The molecule has 162 valence electrons. The second-order valence-electron chi connectivity index (χ2n) is 9.53. The van der Waals surface area contributed by atoms with E-state index < -0.39 is 0 Å². The summed E-state index contributed by atoms with van der Waals surface area (Å²) in [5, 5.41) is 9.93. The van der Waals surface area contributed by atoms with E-state index in [0.717, 1.165) is 53.0 Å². The first-order valence-electron chi connectivity index (χ1n) is 11.6. The molecule has 1 atom stereocenters. The summed E-state index contributed by atoms with van der Waals surface area (Å²) >= 11 is 0. The van der Waals surface area contributed by atoms with Gasteiger partial charge in [0.2, 0.25) is 0 Å². The average Bonchev–Trinajstić information content (AvgIpc) is 3.07. The zero-order valence-corrected chi connectivity index (χ0v) is 18.3. The number of likely N-dealkylation sites (tertiary alicyclic amines) is 1. The van der Waals surface area contributed by atoms with Gasteiger partial charge in [0, 0.05) is 18.5 Å². The Bertz CT molecular complexity index is 1020. The Kier molecular flexibility index (Phi) is 5.35. The van der Waals surface area contributed by atoms with Gasteiger partial charge in [0.1, 0.15) is 18.1 Å². The SMILES string of the molecule is CC12CCC(=O)C(c3ccc(OCCN4CCCCC4)cc3)=C1c1ccc(O)cc1C2. The van der Waals surface area contributed by atoms with Gasteiger partial charge >= 0.3 is 0 Å². The Labute approximate surface area is 184 Å². The standard InChI is InChI=1S/C27H31NO3/c1-27-12-11-24(30)25(26(27)23-10-7-21(29)17-20(23)18-27)19-5-8-22(9-6-19)31-16-15-28-13-3-2-4-14-28/h5-10,17,29H,2-4,11-16,18H2,1H3. The molecule has 5 rings (SSSR count). The maximum Gasteiger partial charge on any atom is 0.163 e. The van der Waals surface area contributed by atoms with Crippen molar-refractivity contribution in [2.75, 3.05) is 26.2 Å². The summed E-state index contributed by atoms with van der Waals surface area (Å²) in [6.07, 6.45) is 6.24. The smallest absolute Gasteiger partial charge is 0.163 e. The van der Waals surface area contributed by atoms with Crippen molar-refractivity contribution in [1.82, 2.24) is 4.90 Å². The fourth-order valence-corrected chi connectivity index (χ4v) is 5.61. The van der Waals surface area contributed by atoms with Crippen LogP contribution in [0.2, 0.25) is 0 Å². The Morgan fingerprint density at radius 1 is 1.06 bits per heavy atom. The number of ether oxygens (including phenoxy) is 1. The van der Waals surface area contributed by atoms with Crippen molar-refractivity contribution >= 4 is 16.9 Å². The van der Waals surface area contributed by atoms with Crippen LogP contribution in [0.5, 0.6) is 11.5 Å². The van der Waals surface area contributed by atoms with Crippen LogP contribution in [0.25, 0.3) is 11.1 Å². The molecule has 3 aliphatic rings. The van der Waals surface area contributed by atoms with Crippen molar-refractivity contribution in [3.63, 3.8) is 0 Å². The lowest BCUT2D eigenvalue weighted by atomic mass is 9.70. The van der Waals surface area contributed by atoms with Gasteiger partial charge in [-0.2, -0.15) is 0 Å². The predicted molar refractivity (Wildman–Crippen MR) is 123 cm³/mol. The highest BCUT2D eigenvalue weighted by atomic mass is 16.5. The number of allylic oxidation sites excluding steroid dienone is 2. The van der Waals surface area contributed by atoms with Crippen LogP contribution in [0.3, 0.4) is 0 Å². The van der Waals surface area contributed by atoms with Crippen molar-refractivity contribution in [3.8, 4) is 11.5 Å². The number of Topliss-reactive ketones (excluding diaryl/α,β-unsaturated/α-hetero) is 1. The molecule has 1 heterocycles. The van der Waals surface area contributed by atoms with E-state index in [0.29, 0.717) is 18.8 Å². The Hall–Kier alpha value is -2.59. The number of rotatable bonds is 5. The molecule has 0 saturated carbocycles. The van der Waals surface area contributed by atoms with Crippen LogP contribution >= 0.6 is 0 Å². The minimum atomic E-state index is -0.0526. The third kappa shape index (κ3) is 3.89. The van der Waals surface area contributed by atoms with Crippen molar-refractivity contribution in [2.45, 2.75) is 45.4 Å². The molecule has 4 heteroatoms. The quantitative estimate of drug-likeness (QED) is 0.736. The number of carbonyl (C=O) groups excluding carboxylic acids is 1. The van der Waals surface area contributed by atoms with Crippen LogP contribution in [-0.2, 0) is 11.2 Å². The normalized spacial score (nSPS) is 23.6. The number of phenolic OH excluding ortho intramolecular Hbond substituents is 1. The first kappa shape index (κ1) is 20.3. The molecule has 0 amide bonds. The van der Waals surface area contributed by atoms with Crippen molar-refractivity contribution in [3.05, 3.63) is 59.2 Å². The highest BCUT2D eigenvalue weighted by Crippen LogP contribution is 2.55. The van der Waals surface area contributed by atoms with Crippen LogP contribution in [0.4, 0.5) is 0 Å². The van der Waals surface area contributed by atoms with Gasteiger partial charge in [0.05, 0.1) is 0 Å². The summed E-state index contributed by atoms with van der Waals surface area (Å²) in [4.78, 5) is 15.5. The van der Waals surface area contributed by atoms with E-state index in [9.17, 15) is 9.90 Å². The maximum absolute atomic E-state index is 13.0. The minimum absolute atomic E-state index is 0.0526. The third-order valence-electron chi connectivity index (χ3n) is 7.24. The maximum atomic E-state index is 13.0. The molecule has 2 aromatic rings. The molecule has 4 nitrogen and oxygen atoms in total. The highest BCUT2D eigenvalue weighted by molar-refractivity contribution is 6.30. The molecular weight excluding hydrogens is 386 g/mol. The topological polar surface area (TPSA) is 49.8 Å². The van der Waals surface area contributed by atoms with Crippen molar-refractivity contribution in [2.24, 2.45) is 5.41 Å². The summed E-state index contributed by atoms with van der Waals surface area (Å²) in [6, 6.07) is 13.6. The lowest BCUT2D eigenvalue weighted by Gasteiger charge is -2.33. The number of carbonyl (C=O) groups is 1. The minimum Gasteiger partial charge on any atom is -0.508 e. The molecular formula is C27H31NO3. The van der Waals surface area contributed by atoms with Crippen LogP contribution < -0.4 is 4.74 Å². The van der Waals surface area contributed by atoms with E-state index in [-0.39, 0.29) is 11.2 Å². The van der Waals surface area contributed by atoms with Gasteiger partial charge in [-0.05, 0) is 90.7 Å². The molecule has 31 heavy (non-hydrogen) atoms. The summed E-state index contributed by atoms with van der Waals surface area (Å²) in [6.45, 7) is 6.28. The molecule has 0 spiro atoms. The number of benzene rings is 2. The summed E-state index contributed by atoms with van der Waals surface area (Å²) in [5.41, 5.74) is 5.17. The van der Waals surface area contributed by atoms with Crippen LogP contribution in [0, 0.1) is 5.41 Å². The Morgan fingerprint density at radius 3 is 2.61 bits per heavy atom. The van der Waals surface area contributed by atoms with Gasteiger partial charge in [-0.3, -0.25) is 9.69 Å². The van der Waals surface area contributed by atoms with Crippen LogP contribution in [-0.4, -0.2) is 42.0 Å². The number of piperidine rings is 1. The average molecular weight is 418 g/mol. The number of hydrogen-bond acceptors (Lipinski definition) is 4. The lowest BCUT2D eigenvalue weighted by Crippen LogP contribution is -2.33. The predicted octanol–water partition coefficient (Wildman–Crippen LogP) is 5.09. The monoisotopic (exact) mass is 417 g/mol. The number of phenols is 1. The van der Waals surface area contributed by atoms with E-state index in [4.69, 9.17) is 4.74 Å². The fraction of sp³-hybridized carbons (Fsp3) is 0.444. The molecule has 1 aliphatic heterocycles. The second kappa shape index (κ2) is 8.16. The first-order chi connectivity index (χ1) is 15.0. The van der Waals surface area contributed by atoms with E-state index in [2.05, 4.69) is 11.8 Å². The molecule has 0 radical (unpaired) electrons. The number of nitrogens with zero attached hydrogens (tertiary/aromatic N) is 1. The van der Waals surface area contributed by atoms with Gasteiger partial charge in [0.25, 0.3) is 0 Å². The van der Waals surface area contributed by atoms with Crippen molar-refractivity contribution in [1.29, 1.82) is 0 Å². The zero-order valence-electron chi connectivity index (χ0n) is 18.3. The largest absolute Gasteiger partial charge is 0.508 e. The Balaban J connectivity index is 1.39. The molecule has 0 bridgehead atoms. The van der Waals surface area contributed by atoms with E-state index in [1.807, 2.05) is 36.4 Å². The van der Waals surface area contributed by atoms with Gasteiger partial charge in [0.15, 0.2) is 5.78 Å². The Morgan fingerprint density at radius 2 is 1.84 bits per heavy atom. The summed E-state index contributed by atoms with van der Waals surface area (Å²) in [5.74, 6) is 1.36. The molecule has 1 unspecified atom stereocenters. The molecule has 2 aliphatic carbocycles. The third-order valence-corrected chi connectivity index (χ3v) is 7.24. The van der Waals surface area contributed by atoms with Gasteiger partial charge < -0.3 is 9.84 Å². The summed E-state index contributed by atoms with van der Waals surface area (Å²) in [7, 11) is 0. The lowest BCUT2D eigenvalue weighted by molar-refractivity contribution is -0.114. The van der Waals surface area contributed by atoms with Gasteiger partial charge in [-0.15, -0.1) is 0 Å².